The van der Waals surface area contributed by atoms with E-state index in [0.717, 1.165) is 18.9 Å². The van der Waals surface area contributed by atoms with Crippen molar-refractivity contribution in [3.63, 3.8) is 0 Å². The third kappa shape index (κ3) is 3.69. The Morgan fingerprint density at radius 1 is 1.26 bits per heavy atom. The van der Waals surface area contributed by atoms with E-state index in [-0.39, 0.29) is 29.2 Å². The lowest BCUT2D eigenvalue weighted by Gasteiger charge is -2.43. The Kier molecular flexibility index (Phi) is 4.41. The summed E-state index contributed by atoms with van der Waals surface area (Å²) in [4.78, 5) is 14.2. The van der Waals surface area contributed by atoms with Gasteiger partial charge in [0.05, 0.1) is 23.8 Å². The highest BCUT2D eigenvalue weighted by atomic mass is 19.4. The van der Waals surface area contributed by atoms with Crippen LogP contribution in [0.15, 0.2) is 30.5 Å². The predicted octanol–water partition coefficient (Wildman–Crippen LogP) is 2.81. The first-order valence-electron chi connectivity index (χ1n) is 8.96. The number of rotatable bonds is 5. The molecule has 1 aliphatic carbocycles. The van der Waals surface area contributed by atoms with Crippen LogP contribution in [-0.2, 0) is 6.18 Å². The number of carbonyl (C=O) groups excluding carboxylic acids is 1. The van der Waals surface area contributed by atoms with E-state index in [4.69, 9.17) is 0 Å². The maximum Gasteiger partial charge on any atom is 0.416 e. The number of nitrogens with zero attached hydrogens (tertiary/aromatic N) is 4. The van der Waals surface area contributed by atoms with Crippen molar-refractivity contribution in [2.45, 2.75) is 44.1 Å². The maximum absolute atomic E-state index is 13.2. The van der Waals surface area contributed by atoms with Crippen LogP contribution in [0.5, 0.6) is 0 Å². The van der Waals surface area contributed by atoms with E-state index in [9.17, 15) is 18.0 Å². The number of halogens is 3. The van der Waals surface area contributed by atoms with Crippen LogP contribution in [0.1, 0.15) is 53.5 Å². The minimum atomic E-state index is -4.38. The molecule has 1 aliphatic heterocycles. The molecular weight excluding hydrogens is 359 g/mol. The molecule has 1 atom stereocenters. The molecule has 27 heavy (non-hydrogen) atoms. The molecule has 6 nitrogen and oxygen atoms in total. The lowest BCUT2D eigenvalue weighted by Crippen LogP contribution is -2.59. The van der Waals surface area contributed by atoms with Crippen molar-refractivity contribution in [3.8, 4) is 0 Å². The Morgan fingerprint density at radius 3 is 2.63 bits per heavy atom. The van der Waals surface area contributed by atoms with Gasteiger partial charge >= 0.3 is 6.18 Å². The van der Waals surface area contributed by atoms with Crippen LogP contribution in [0.4, 0.5) is 13.2 Å². The summed E-state index contributed by atoms with van der Waals surface area (Å²) in [5, 5.41) is 10.7. The summed E-state index contributed by atoms with van der Waals surface area (Å²) in [5.74, 6) is -0.296. The van der Waals surface area contributed by atoms with Crippen molar-refractivity contribution in [2.75, 3.05) is 13.1 Å². The fourth-order valence-corrected chi connectivity index (χ4v) is 3.39. The highest BCUT2D eigenvalue weighted by molar-refractivity contribution is 5.92. The average Bonchev–Trinajstić information content (AvgIpc) is 3.33. The fraction of sp³-hybridized carbons (Fsp3) is 0.500. The van der Waals surface area contributed by atoms with E-state index in [1.54, 1.807) is 23.9 Å². The third-order valence-electron chi connectivity index (χ3n) is 5.17. The van der Waals surface area contributed by atoms with Crippen LogP contribution >= 0.6 is 0 Å². The first kappa shape index (κ1) is 18.0. The molecule has 2 fully saturated rings. The largest absolute Gasteiger partial charge is 0.416 e. The standard InChI is InChI=1S/C18H20F3N5O/c1-11(14-4-2-3-5-15(14)18(19,20)21)25-8-12(9-25)22-17(27)16-10-26(24-23-16)13-6-7-13/h2-5,10-13H,6-9H2,1H3,(H,22,27). The fourth-order valence-electron chi connectivity index (χ4n) is 3.39. The van der Waals surface area contributed by atoms with Gasteiger partial charge in [-0.3, -0.25) is 9.69 Å². The van der Waals surface area contributed by atoms with Gasteiger partial charge in [-0.2, -0.15) is 13.2 Å². The lowest BCUT2D eigenvalue weighted by molar-refractivity contribution is -0.139. The summed E-state index contributed by atoms with van der Waals surface area (Å²) in [5.41, 5.74) is -0.0837. The number of carbonyl (C=O) groups is 1. The summed E-state index contributed by atoms with van der Waals surface area (Å²) in [6.45, 7) is 2.75. The second kappa shape index (κ2) is 6.63. The van der Waals surface area contributed by atoms with Crippen LogP contribution in [0.2, 0.25) is 0 Å². The normalized spacial score (nSPS) is 19.6. The van der Waals surface area contributed by atoms with Crippen molar-refractivity contribution in [2.24, 2.45) is 0 Å². The van der Waals surface area contributed by atoms with Gasteiger partial charge in [-0.1, -0.05) is 23.4 Å². The summed E-state index contributed by atoms with van der Waals surface area (Å²) >= 11 is 0. The molecule has 2 heterocycles. The van der Waals surface area contributed by atoms with Crippen molar-refractivity contribution >= 4 is 5.91 Å². The van der Waals surface area contributed by atoms with E-state index >= 15 is 0 Å². The molecule has 2 aromatic rings. The Labute approximate surface area is 154 Å². The van der Waals surface area contributed by atoms with Gasteiger partial charge in [0.1, 0.15) is 0 Å². The van der Waals surface area contributed by atoms with Crippen LogP contribution in [0, 0.1) is 0 Å². The van der Waals surface area contributed by atoms with E-state index in [0.29, 0.717) is 19.1 Å². The molecular formula is C18H20F3N5O. The van der Waals surface area contributed by atoms with Crippen LogP contribution in [-0.4, -0.2) is 44.9 Å². The molecule has 1 saturated carbocycles. The zero-order valence-corrected chi connectivity index (χ0v) is 14.8. The molecule has 4 rings (SSSR count). The minimum absolute atomic E-state index is 0.107. The van der Waals surface area contributed by atoms with Crippen molar-refractivity contribution in [1.29, 1.82) is 0 Å². The molecule has 1 amide bonds. The molecule has 9 heteroatoms. The summed E-state index contributed by atoms with van der Waals surface area (Å²) in [6.07, 6.45) is -0.624. The average molecular weight is 379 g/mol. The van der Waals surface area contributed by atoms with Gasteiger partial charge < -0.3 is 5.32 Å². The SMILES string of the molecule is CC(c1ccccc1C(F)(F)F)N1CC(NC(=O)c2cn(C3CC3)nn2)C1. The molecule has 0 bridgehead atoms. The zero-order chi connectivity index (χ0) is 19.2. The summed E-state index contributed by atoms with van der Waals surface area (Å²) in [6, 6.07) is 5.49. The smallest absolute Gasteiger partial charge is 0.345 e. The molecule has 144 valence electrons. The predicted molar refractivity (Wildman–Crippen MR) is 91.0 cm³/mol. The number of benzene rings is 1. The van der Waals surface area contributed by atoms with Gasteiger partial charge in [0, 0.05) is 19.1 Å². The van der Waals surface area contributed by atoms with Crippen molar-refractivity contribution < 1.29 is 18.0 Å². The van der Waals surface area contributed by atoms with E-state index in [1.807, 2.05) is 4.90 Å². The van der Waals surface area contributed by atoms with Gasteiger partial charge in [-0.25, -0.2) is 4.68 Å². The molecule has 1 aromatic carbocycles. The zero-order valence-electron chi connectivity index (χ0n) is 14.8. The maximum atomic E-state index is 13.2. The molecule has 0 radical (unpaired) electrons. The summed E-state index contributed by atoms with van der Waals surface area (Å²) < 4.78 is 41.3. The highest BCUT2D eigenvalue weighted by Gasteiger charge is 2.38. The quantitative estimate of drug-likeness (QED) is 0.868. The van der Waals surface area contributed by atoms with Crippen LogP contribution in [0.3, 0.4) is 0 Å². The summed E-state index contributed by atoms with van der Waals surface area (Å²) in [7, 11) is 0. The third-order valence-corrected chi connectivity index (χ3v) is 5.17. The van der Waals surface area contributed by atoms with Gasteiger partial charge in [0.25, 0.3) is 5.91 Å². The van der Waals surface area contributed by atoms with E-state index in [2.05, 4.69) is 15.6 Å². The van der Waals surface area contributed by atoms with Gasteiger partial charge in [-0.05, 0) is 31.4 Å². The molecule has 1 unspecified atom stereocenters. The van der Waals surface area contributed by atoms with E-state index < -0.39 is 11.7 Å². The first-order chi connectivity index (χ1) is 12.8. The Hall–Kier alpha value is -2.42. The number of aromatic nitrogens is 3. The number of nitrogens with one attached hydrogen (secondary N) is 1. The molecule has 2 aliphatic rings. The Balaban J connectivity index is 1.34. The van der Waals surface area contributed by atoms with Gasteiger partial charge in [-0.15, -0.1) is 5.10 Å². The van der Waals surface area contributed by atoms with Crippen molar-refractivity contribution in [3.05, 3.63) is 47.3 Å². The number of amides is 1. The van der Waals surface area contributed by atoms with Crippen LogP contribution < -0.4 is 5.32 Å². The number of hydrogen-bond donors (Lipinski definition) is 1. The number of likely N-dealkylation sites (tertiary alicyclic amines) is 1. The van der Waals surface area contributed by atoms with Crippen molar-refractivity contribution in [1.82, 2.24) is 25.2 Å². The van der Waals surface area contributed by atoms with Gasteiger partial charge in [0.2, 0.25) is 0 Å². The minimum Gasteiger partial charge on any atom is -0.345 e. The Bertz CT molecular complexity index is 840. The van der Waals surface area contributed by atoms with Crippen LogP contribution in [0.25, 0.3) is 0 Å². The topological polar surface area (TPSA) is 63.1 Å². The second-order valence-corrected chi connectivity index (χ2v) is 7.20. The first-order valence-corrected chi connectivity index (χ1v) is 8.96. The number of alkyl halides is 3. The second-order valence-electron chi connectivity index (χ2n) is 7.20. The highest BCUT2D eigenvalue weighted by Crippen LogP contribution is 2.37. The molecule has 1 N–H and O–H groups in total. The lowest BCUT2D eigenvalue weighted by atomic mass is 9.96. The van der Waals surface area contributed by atoms with Gasteiger partial charge in [0.15, 0.2) is 5.69 Å². The molecule has 1 aromatic heterocycles. The molecule has 1 saturated heterocycles. The Morgan fingerprint density at radius 2 is 1.96 bits per heavy atom. The monoisotopic (exact) mass is 379 g/mol. The molecule has 0 spiro atoms. The number of hydrogen-bond acceptors (Lipinski definition) is 4. The van der Waals surface area contributed by atoms with E-state index in [1.165, 1.54) is 12.1 Å².